The van der Waals surface area contributed by atoms with Crippen LogP contribution >= 0.6 is 15.9 Å². The Balaban J connectivity index is 2.75. The summed E-state index contributed by atoms with van der Waals surface area (Å²) in [6.07, 6.45) is -0.286. The molecule has 1 aliphatic rings. The first-order valence-corrected chi connectivity index (χ1v) is 7.25. The molecule has 0 aliphatic carbocycles. The van der Waals surface area contributed by atoms with E-state index < -0.39 is 26.2 Å². The van der Waals surface area contributed by atoms with Crippen LogP contribution in [0.1, 0.15) is 16.8 Å². The first-order valence-electron chi connectivity index (χ1n) is 4.91. The van der Waals surface area contributed by atoms with Crippen LogP contribution < -0.4 is 4.74 Å². The molecule has 1 heterocycles. The van der Waals surface area contributed by atoms with E-state index in [0.717, 1.165) is 6.07 Å². The molecule has 1 unspecified atom stereocenters. The van der Waals surface area contributed by atoms with E-state index in [0.29, 0.717) is 0 Å². The summed E-state index contributed by atoms with van der Waals surface area (Å²) in [6.45, 7) is -0.0849. The Morgan fingerprint density at radius 3 is 2.78 bits per heavy atom. The maximum absolute atomic E-state index is 13.5. The minimum Gasteiger partial charge on any atom is -0.491 e. The summed E-state index contributed by atoms with van der Waals surface area (Å²) in [5, 5.41) is 8.87. The van der Waals surface area contributed by atoms with Gasteiger partial charge in [-0.3, -0.25) is 0 Å². The Morgan fingerprint density at radius 1 is 1.50 bits per heavy atom. The van der Waals surface area contributed by atoms with E-state index in [-0.39, 0.29) is 28.8 Å². The number of carboxylic acid groups (broad SMARTS) is 1. The fourth-order valence-corrected chi connectivity index (χ4v) is 3.70. The molecule has 0 saturated heterocycles. The van der Waals surface area contributed by atoms with Gasteiger partial charge in [0.05, 0.1) is 16.6 Å². The van der Waals surface area contributed by atoms with Crippen LogP contribution in [0.3, 0.4) is 0 Å². The summed E-state index contributed by atoms with van der Waals surface area (Å²) >= 11 is 3.03. The lowest BCUT2D eigenvalue weighted by molar-refractivity contribution is 0.0696. The molecular formula is C10H8BrFO5S. The topological polar surface area (TPSA) is 80.7 Å². The molecule has 1 aliphatic heterocycles. The third kappa shape index (κ3) is 2.10. The van der Waals surface area contributed by atoms with Crippen molar-refractivity contribution in [3.05, 3.63) is 22.2 Å². The number of sulfone groups is 1. The van der Waals surface area contributed by atoms with Crippen LogP contribution in [-0.2, 0) is 9.84 Å². The second-order valence-corrected chi connectivity index (χ2v) is 6.58. The minimum absolute atomic E-state index is 0.0415. The predicted molar refractivity (Wildman–Crippen MR) is 63.3 cm³/mol. The number of aromatic carboxylic acids is 1. The van der Waals surface area contributed by atoms with E-state index in [2.05, 4.69) is 15.9 Å². The highest BCUT2D eigenvalue weighted by molar-refractivity contribution is 9.10. The molecule has 1 atom stereocenters. The maximum atomic E-state index is 13.5. The molecule has 0 amide bonds. The Kier molecular flexibility index (Phi) is 3.33. The minimum atomic E-state index is -4.22. The zero-order chi connectivity index (χ0) is 13.5. The highest BCUT2D eigenvalue weighted by atomic mass is 79.9. The fourth-order valence-electron chi connectivity index (χ4n) is 1.59. The second-order valence-electron chi connectivity index (χ2n) is 3.68. The van der Waals surface area contributed by atoms with Gasteiger partial charge in [-0.2, -0.15) is 0 Å². The largest absolute Gasteiger partial charge is 0.491 e. The number of carbonyl (C=O) groups is 1. The lowest BCUT2D eigenvalue weighted by Crippen LogP contribution is -2.16. The fraction of sp³-hybridized carbons (Fsp3) is 0.300. The summed E-state index contributed by atoms with van der Waals surface area (Å²) < 4.78 is 42.6. The first-order chi connectivity index (χ1) is 8.34. The average Bonchev–Trinajstić information content (AvgIpc) is 2.39. The number of benzene rings is 1. The summed E-state index contributed by atoms with van der Waals surface area (Å²) in [7, 11) is -4.22. The number of hydrogen-bond donors (Lipinski definition) is 1. The van der Waals surface area contributed by atoms with Crippen molar-refractivity contribution >= 4 is 31.7 Å². The molecule has 18 heavy (non-hydrogen) atoms. The van der Waals surface area contributed by atoms with Gasteiger partial charge in [0.25, 0.3) is 0 Å². The predicted octanol–water partition coefficient (Wildman–Crippen LogP) is 2.00. The lowest BCUT2D eigenvalue weighted by Gasteiger charge is -2.10. The van der Waals surface area contributed by atoms with Crippen molar-refractivity contribution in [3.8, 4) is 5.75 Å². The zero-order valence-electron chi connectivity index (χ0n) is 8.89. The van der Waals surface area contributed by atoms with E-state index in [9.17, 15) is 17.6 Å². The molecule has 2 rings (SSSR count). The molecule has 1 N–H and O–H groups in total. The van der Waals surface area contributed by atoms with Gasteiger partial charge in [-0.05, 0) is 28.1 Å². The highest BCUT2D eigenvalue weighted by Gasteiger charge is 2.35. The number of ether oxygens (including phenoxy) is 1. The molecule has 1 aromatic carbocycles. The average molecular weight is 339 g/mol. The van der Waals surface area contributed by atoms with Crippen LogP contribution in [0.2, 0.25) is 0 Å². The van der Waals surface area contributed by atoms with Crippen molar-refractivity contribution in [2.45, 2.75) is 16.8 Å². The molecule has 0 aromatic heterocycles. The van der Waals surface area contributed by atoms with Gasteiger partial charge < -0.3 is 9.84 Å². The van der Waals surface area contributed by atoms with Gasteiger partial charge in [-0.1, -0.05) is 0 Å². The van der Waals surface area contributed by atoms with Gasteiger partial charge in [0.15, 0.2) is 5.75 Å². The van der Waals surface area contributed by atoms with E-state index >= 15 is 0 Å². The Bertz CT molecular complexity index is 613. The number of halogens is 2. The second kappa shape index (κ2) is 4.51. The van der Waals surface area contributed by atoms with Crippen LogP contribution in [-0.4, -0.2) is 31.6 Å². The van der Waals surface area contributed by atoms with E-state index in [1.54, 1.807) is 0 Å². The molecular weight excluding hydrogens is 331 g/mol. The normalized spacial score (nSPS) is 21.6. The third-order valence-corrected chi connectivity index (χ3v) is 4.91. The number of hydrogen-bond acceptors (Lipinski definition) is 4. The van der Waals surface area contributed by atoms with Gasteiger partial charge in [0.2, 0.25) is 15.3 Å². The number of alkyl halides is 1. The van der Waals surface area contributed by atoms with Crippen molar-refractivity contribution in [2.24, 2.45) is 0 Å². The highest BCUT2D eigenvalue weighted by Crippen LogP contribution is 2.38. The Labute approximate surface area is 111 Å². The molecule has 98 valence electrons. The SMILES string of the molecule is O=C(O)c1cc(Br)c2c(c1)S(=O)(=O)C(F)CCO2. The van der Waals surface area contributed by atoms with Crippen molar-refractivity contribution in [3.63, 3.8) is 0 Å². The van der Waals surface area contributed by atoms with Crippen LogP contribution in [0, 0.1) is 0 Å². The molecule has 0 saturated carbocycles. The van der Waals surface area contributed by atoms with Gasteiger partial charge >= 0.3 is 5.97 Å². The molecule has 0 spiro atoms. The maximum Gasteiger partial charge on any atom is 0.335 e. The molecule has 8 heteroatoms. The monoisotopic (exact) mass is 338 g/mol. The van der Waals surface area contributed by atoms with Gasteiger partial charge in [-0.15, -0.1) is 0 Å². The summed E-state index contributed by atoms with van der Waals surface area (Å²) in [4.78, 5) is 10.4. The number of rotatable bonds is 1. The standard InChI is InChI=1S/C10H8BrFO5S/c11-6-3-5(10(13)14)4-7-9(6)17-2-1-8(12)18(7,15)16/h3-4,8H,1-2H2,(H,13,14). The number of carboxylic acids is 1. The Hall–Kier alpha value is -1.15. The molecule has 0 fully saturated rings. The summed E-state index contributed by atoms with van der Waals surface area (Å²) in [5.41, 5.74) is -2.34. The first kappa shape index (κ1) is 13.3. The van der Waals surface area contributed by atoms with Crippen molar-refractivity contribution in [2.75, 3.05) is 6.61 Å². The van der Waals surface area contributed by atoms with Crippen LogP contribution in [0.4, 0.5) is 4.39 Å². The lowest BCUT2D eigenvalue weighted by atomic mass is 10.2. The smallest absolute Gasteiger partial charge is 0.335 e. The molecule has 1 aromatic rings. The molecule has 0 radical (unpaired) electrons. The molecule has 0 bridgehead atoms. The quantitative estimate of drug-likeness (QED) is 0.846. The van der Waals surface area contributed by atoms with Gasteiger partial charge in [0.1, 0.15) is 4.90 Å². The van der Waals surface area contributed by atoms with E-state index in [1.165, 1.54) is 6.07 Å². The molecule has 5 nitrogen and oxygen atoms in total. The Morgan fingerprint density at radius 2 is 2.17 bits per heavy atom. The van der Waals surface area contributed by atoms with E-state index in [1.807, 2.05) is 0 Å². The third-order valence-electron chi connectivity index (χ3n) is 2.49. The van der Waals surface area contributed by atoms with Crippen LogP contribution in [0.5, 0.6) is 5.75 Å². The summed E-state index contributed by atoms with van der Waals surface area (Å²) in [5.74, 6) is -1.34. The zero-order valence-corrected chi connectivity index (χ0v) is 11.3. The van der Waals surface area contributed by atoms with Crippen molar-refractivity contribution < 1.29 is 27.4 Å². The van der Waals surface area contributed by atoms with Crippen LogP contribution in [0.15, 0.2) is 21.5 Å². The number of fused-ring (bicyclic) bond motifs is 1. The van der Waals surface area contributed by atoms with Crippen molar-refractivity contribution in [1.82, 2.24) is 0 Å². The van der Waals surface area contributed by atoms with Gasteiger partial charge in [-0.25, -0.2) is 17.6 Å². The van der Waals surface area contributed by atoms with E-state index in [4.69, 9.17) is 9.84 Å². The van der Waals surface area contributed by atoms with Crippen molar-refractivity contribution in [1.29, 1.82) is 0 Å². The van der Waals surface area contributed by atoms with Gasteiger partial charge in [0, 0.05) is 6.42 Å². The summed E-state index contributed by atoms with van der Waals surface area (Å²) in [6, 6.07) is 2.13. The van der Waals surface area contributed by atoms with Crippen LogP contribution in [0.25, 0.3) is 0 Å².